The maximum Gasteiger partial charge on any atom is 0.218 e. The van der Waals surface area contributed by atoms with E-state index in [2.05, 4.69) is 9.99 Å². The van der Waals surface area contributed by atoms with Crippen LogP contribution in [0.3, 0.4) is 0 Å². The van der Waals surface area contributed by atoms with Crippen molar-refractivity contribution in [2.45, 2.75) is 6.42 Å². The number of amides is 1. The van der Waals surface area contributed by atoms with Crippen molar-refractivity contribution in [3.8, 4) is 0 Å². The number of hydrogen-bond acceptors (Lipinski definition) is 3. The first-order valence-electron chi connectivity index (χ1n) is 2.73. The molecule has 50 valence electrons. The number of hydrogen-bond donors (Lipinski definition) is 1. The van der Waals surface area contributed by atoms with Gasteiger partial charge in [0, 0.05) is 12.3 Å². The van der Waals surface area contributed by atoms with Gasteiger partial charge in [-0.3, -0.25) is 4.79 Å². The minimum absolute atomic E-state index is 0.0995. The Labute approximate surface area is 52.7 Å². The van der Waals surface area contributed by atoms with Gasteiger partial charge >= 0.3 is 0 Å². The van der Waals surface area contributed by atoms with E-state index in [1.165, 1.54) is 0 Å². The molecule has 0 radical (unpaired) electrons. The molecule has 0 saturated heterocycles. The molecule has 1 rings (SSSR count). The predicted molar refractivity (Wildman–Crippen MR) is 31.7 cm³/mol. The van der Waals surface area contributed by atoms with Crippen molar-refractivity contribution in [3.05, 3.63) is 0 Å². The maximum atomic E-state index is 10.3. The standard InChI is InChI=1S/C5H8N2O2/c6-5(8)1-4-2-7-9-3-4/h2,4H,1,3H2,(H2,6,8). The number of carbonyl (C=O) groups excluding carboxylic acids is 1. The first-order chi connectivity index (χ1) is 4.29. The van der Waals surface area contributed by atoms with E-state index in [0.717, 1.165) is 0 Å². The number of primary amides is 1. The van der Waals surface area contributed by atoms with Gasteiger partial charge in [-0.15, -0.1) is 0 Å². The van der Waals surface area contributed by atoms with Gasteiger partial charge in [0.25, 0.3) is 0 Å². The Balaban J connectivity index is 2.28. The monoisotopic (exact) mass is 128 g/mol. The molecule has 1 aliphatic rings. The lowest BCUT2D eigenvalue weighted by Crippen LogP contribution is -2.17. The molecule has 1 atom stereocenters. The van der Waals surface area contributed by atoms with Gasteiger partial charge in [-0.25, -0.2) is 0 Å². The molecule has 4 nitrogen and oxygen atoms in total. The van der Waals surface area contributed by atoms with Crippen LogP contribution in [0.15, 0.2) is 5.16 Å². The Morgan fingerprint density at radius 2 is 2.78 bits per heavy atom. The highest BCUT2D eigenvalue weighted by atomic mass is 16.6. The second-order valence-electron chi connectivity index (χ2n) is 1.98. The lowest BCUT2D eigenvalue weighted by atomic mass is 10.1. The summed E-state index contributed by atoms with van der Waals surface area (Å²) in [7, 11) is 0. The lowest BCUT2D eigenvalue weighted by Gasteiger charge is -1.97. The normalized spacial score (nSPS) is 23.8. The summed E-state index contributed by atoms with van der Waals surface area (Å²) in [6, 6.07) is 0. The Kier molecular flexibility index (Phi) is 1.67. The lowest BCUT2D eigenvalue weighted by molar-refractivity contribution is -0.118. The van der Waals surface area contributed by atoms with Gasteiger partial charge in [0.1, 0.15) is 6.61 Å². The van der Waals surface area contributed by atoms with Crippen molar-refractivity contribution in [2.24, 2.45) is 16.8 Å². The molecule has 4 heteroatoms. The Morgan fingerprint density at radius 3 is 3.22 bits per heavy atom. The number of oxime groups is 1. The first-order valence-corrected chi connectivity index (χ1v) is 2.73. The van der Waals surface area contributed by atoms with Gasteiger partial charge in [-0.05, 0) is 0 Å². The molecule has 2 N–H and O–H groups in total. The van der Waals surface area contributed by atoms with Crippen LogP contribution < -0.4 is 5.73 Å². The third kappa shape index (κ3) is 1.71. The zero-order valence-electron chi connectivity index (χ0n) is 4.91. The highest BCUT2D eigenvalue weighted by molar-refractivity contribution is 5.78. The smallest absolute Gasteiger partial charge is 0.218 e. The summed E-state index contributed by atoms with van der Waals surface area (Å²) >= 11 is 0. The van der Waals surface area contributed by atoms with E-state index in [9.17, 15) is 4.79 Å². The van der Waals surface area contributed by atoms with Crippen LogP contribution in [0.25, 0.3) is 0 Å². The van der Waals surface area contributed by atoms with Crippen molar-refractivity contribution >= 4 is 12.1 Å². The Morgan fingerprint density at radius 1 is 2.00 bits per heavy atom. The van der Waals surface area contributed by atoms with E-state index in [-0.39, 0.29) is 11.8 Å². The molecular formula is C5H8N2O2. The van der Waals surface area contributed by atoms with Crippen molar-refractivity contribution in [2.75, 3.05) is 6.61 Å². The van der Waals surface area contributed by atoms with Crippen LogP contribution in [0.5, 0.6) is 0 Å². The first kappa shape index (κ1) is 6.07. The zero-order chi connectivity index (χ0) is 6.69. The molecule has 0 saturated carbocycles. The minimum atomic E-state index is -0.308. The van der Waals surface area contributed by atoms with Gasteiger partial charge in [-0.1, -0.05) is 5.16 Å². The summed E-state index contributed by atoms with van der Waals surface area (Å²) in [6.07, 6.45) is 1.94. The summed E-state index contributed by atoms with van der Waals surface area (Å²) in [4.78, 5) is 14.9. The fraction of sp³-hybridized carbons (Fsp3) is 0.600. The van der Waals surface area contributed by atoms with Crippen LogP contribution >= 0.6 is 0 Å². The third-order valence-corrected chi connectivity index (χ3v) is 1.10. The summed E-state index contributed by atoms with van der Waals surface area (Å²) in [5, 5.41) is 3.49. The number of nitrogens with zero attached hydrogens (tertiary/aromatic N) is 1. The van der Waals surface area contributed by atoms with Crippen LogP contribution in [-0.4, -0.2) is 18.7 Å². The fourth-order valence-corrected chi connectivity index (χ4v) is 0.681. The molecule has 1 amide bonds. The highest BCUT2D eigenvalue weighted by Crippen LogP contribution is 2.05. The van der Waals surface area contributed by atoms with Crippen molar-refractivity contribution in [1.29, 1.82) is 0 Å². The van der Waals surface area contributed by atoms with Gasteiger partial charge in [-0.2, -0.15) is 0 Å². The van der Waals surface area contributed by atoms with Gasteiger partial charge < -0.3 is 10.6 Å². The molecule has 0 spiro atoms. The zero-order valence-corrected chi connectivity index (χ0v) is 4.91. The van der Waals surface area contributed by atoms with Crippen LogP contribution in [-0.2, 0) is 9.63 Å². The quantitative estimate of drug-likeness (QED) is 0.544. The molecule has 0 aromatic carbocycles. The molecule has 0 aromatic heterocycles. The van der Waals surface area contributed by atoms with Crippen LogP contribution in [0.2, 0.25) is 0 Å². The molecule has 1 aliphatic heterocycles. The predicted octanol–water partition coefficient (Wildman–Crippen LogP) is -0.506. The summed E-state index contributed by atoms with van der Waals surface area (Å²) in [6.45, 7) is 0.489. The van der Waals surface area contributed by atoms with Crippen molar-refractivity contribution in [1.82, 2.24) is 0 Å². The van der Waals surface area contributed by atoms with Crippen molar-refractivity contribution < 1.29 is 9.63 Å². The average molecular weight is 128 g/mol. The minimum Gasteiger partial charge on any atom is -0.395 e. The van der Waals surface area contributed by atoms with Crippen LogP contribution in [0, 0.1) is 5.92 Å². The van der Waals surface area contributed by atoms with Crippen LogP contribution in [0.1, 0.15) is 6.42 Å². The Hall–Kier alpha value is -1.06. The molecule has 0 aliphatic carbocycles. The summed E-state index contributed by atoms with van der Waals surface area (Å²) in [5.74, 6) is -0.209. The second-order valence-corrected chi connectivity index (χ2v) is 1.98. The third-order valence-electron chi connectivity index (χ3n) is 1.10. The molecule has 0 fully saturated rings. The largest absolute Gasteiger partial charge is 0.395 e. The van der Waals surface area contributed by atoms with E-state index in [1.54, 1.807) is 6.21 Å². The molecule has 1 heterocycles. The number of rotatable bonds is 2. The Bertz CT molecular complexity index is 144. The van der Waals surface area contributed by atoms with E-state index >= 15 is 0 Å². The maximum absolute atomic E-state index is 10.3. The molecular weight excluding hydrogens is 120 g/mol. The van der Waals surface area contributed by atoms with Crippen molar-refractivity contribution in [3.63, 3.8) is 0 Å². The highest BCUT2D eigenvalue weighted by Gasteiger charge is 2.13. The van der Waals surface area contributed by atoms with E-state index in [1.807, 2.05) is 0 Å². The SMILES string of the molecule is NC(=O)CC1C=NOC1. The summed E-state index contributed by atoms with van der Waals surface area (Å²) in [5.41, 5.74) is 4.92. The van der Waals surface area contributed by atoms with E-state index in [4.69, 9.17) is 5.73 Å². The van der Waals surface area contributed by atoms with Gasteiger partial charge in [0.2, 0.25) is 5.91 Å². The van der Waals surface area contributed by atoms with Gasteiger partial charge in [0.05, 0.1) is 6.21 Å². The average Bonchev–Trinajstić information content (AvgIpc) is 2.15. The molecule has 0 aromatic rings. The number of nitrogens with two attached hydrogens (primary N) is 1. The molecule has 9 heavy (non-hydrogen) atoms. The molecule has 0 bridgehead atoms. The van der Waals surface area contributed by atoms with E-state index in [0.29, 0.717) is 13.0 Å². The van der Waals surface area contributed by atoms with Gasteiger partial charge in [0.15, 0.2) is 0 Å². The fourth-order valence-electron chi connectivity index (χ4n) is 0.681. The topological polar surface area (TPSA) is 64.7 Å². The molecule has 1 unspecified atom stereocenters. The van der Waals surface area contributed by atoms with E-state index < -0.39 is 0 Å². The summed E-state index contributed by atoms with van der Waals surface area (Å²) < 4.78 is 0. The number of carbonyl (C=O) groups is 1. The second kappa shape index (κ2) is 2.48. The van der Waals surface area contributed by atoms with Crippen LogP contribution in [0.4, 0.5) is 0 Å².